The topological polar surface area (TPSA) is 111 Å². The zero-order valence-corrected chi connectivity index (χ0v) is 15.8. The van der Waals surface area contributed by atoms with Crippen molar-refractivity contribution in [3.8, 4) is 17.2 Å². The van der Waals surface area contributed by atoms with Crippen LogP contribution in [-0.4, -0.2) is 42.5 Å². The number of allylic oxidation sites excluding steroid dienone is 1. The lowest BCUT2D eigenvalue weighted by molar-refractivity contribution is -0.141. The van der Waals surface area contributed by atoms with Crippen molar-refractivity contribution in [2.24, 2.45) is 0 Å². The largest absolute Gasteiger partial charge is 0.497 e. The van der Waals surface area contributed by atoms with Crippen molar-refractivity contribution in [3.05, 3.63) is 59.4 Å². The highest BCUT2D eigenvalue weighted by Crippen LogP contribution is 2.35. The van der Waals surface area contributed by atoms with E-state index < -0.39 is 17.9 Å². The van der Waals surface area contributed by atoms with Crippen LogP contribution in [0.5, 0.6) is 17.2 Å². The third kappa shape index (κ3) is 4.73. The Labute approximate surface area is 166 Å². The van der Waals surface area contributed by atoms with E-state index in [9.17, 15) is 14.4 Å². The number of hydrogen-bond donors (Lipinski definition) is 2. The Hall–Kier alpha value is -3.81. The molecule has 8 nitrogen and oxygen atoms in total. The van der Waals surface area contributed by atoms with Gasteiger partial charge in [0.25, 0.3) is 5.91 Å². The molecule has 1 aliphatic heterocycles. The molecule has 8 heteroatoms. The summed E-state index contributed by atoms with van der Waals surface area (Å²) in [4.78, 5) is 35.0. The SMILES string of the molecule is COc1cccc(C=C2Oc3cc(OCC(=O)N[C@H](C)C(=O)O)ccc3C2=O)c1. The number of rotatable bonds is 7. The molecule has 1 amide bonds. The highest BCUT2D eigenvalue weighted by Gasteiger charge is 2.28. The highest BCUT2D eigenvalue weighted by atomic mass is 16.5. The Morgan fingerprint density at radius 3 is 2.72 bits per heavy atom. The van der Waals surface area contributed by atoms with E-state index in [1.165, 1.54) is 13.0 Å². The van der Waals surface area contributed by atoms with Crippen LogP contribution in [0.4, 0.5) is 0 Å². The molecule has 0 saturated heterocycles. The van der Waals surface area contributed by atoms with Gasteiger partial charge in [0, 0.05) is 6.07 Å². The van der Waals surface area contributed by atoms with Gasteiger partial charge in [-0.15, -0.1) is 0 Å². The third-order valence-electron chi connectivity index (χ3n) is 4.15. The zero-order chi connectivity index (χ0) is 21.0. The summed E-state index contributed by atoms with van der Waals surface area (Å²) >= 11 is 0. The number of methoxy groups -OCH3 is 1. The van der Waals surface area contributed by atoms with Crippen LogP contribution in [0.25, 0.3) is 6.08 Å². The van der Waals surface area contributed by atoms with Gasteiger partial charge in [-0.05, 0) is 42.8 Å². The first kappa shape index (κ1) is 19.9. The fourth-order valence-electron chi connectivity index (χ4n) is 2.63. The quantitative estimate of drug-likeness (QED) is 0.690. The van der Waals surface area contributed by atoms with E-state index in [2.05, 4.69) is 5.32 Å². The molecule has 29 heavy (non-hydrogen) atoms. The summed E-state index contributed by atoms with van der Waals surface area (Å²) in [5, 5.41) is 11.1. The summed E-state index contributed by atoms with van der Waals surface area (Å²) in [6, 6.07) is 10.8. The summed E-state index contributed by atoms with van der Waals surface area (Å²) in [5.41, 5.74) is 1.14. The predicted octanol–water partition coefficient (Wildman–Crippen LogP) is 2.28. The average molecular weight is 397 g/mol. The molecule has 0 bridgehead atoms. The van der Waals surface area contributed by atoms with Gasteiger partial charge >= 0.3 is 5.97 Å². The monoisotopic (exact) mass is 397 g/mol. The van der Waals surface area contributed by atoms with Gasteiger partial charge in [-0.1, -0.05) is 12.1 Å². The van der Waals surface area contributed by atoms with Gasteiger partial charge in [0.05, 0.1) is 12.7 Å². The number of carboxylic acid groups (broad SMARTS) is 1. The van der Waals surface area contributed by atoms with Crippen LogP contribution in [0.2, 0.25) is 0 Å². The number of carbonyl (C=O) groups is 3. The van der Waals surface area contributed by atoms with Crippen LogP contribution in [0.3, 0.4) is 0 Å². The molecule has 1 heterocycles. The number of nitrogens with one attached hydrogen (secondary N) is 1. The van der Waals surface area contributed by atoms with E-state index in [0.29, 0.717) is 22.8 Å². The molecule has 1 atom stereocenters. The molecule has 0 spiro atoms. The number of ether oxygens (including phenoxy) is 3. The van der Waals surface area contributed by atoms with Gasteiger partial charge in [-0.25, -0.2) is 0 Å². The number of Topliss-reactive ketones (excluding diaryl/α,β-unsaturated/α-hetero) is 1. The number of amides is 1. The maximum Gasteiger partial charge on any atom is 0.325 e. The highest BCUT2D eigenvalue weighted by molar-refractivity contribution is 6.14. The molecule has 0 fully saturated rings. The minimum Gasteiger partial charge on any atom is -0.497 e. The second-order valence-corrected chi connectivity index (χ2v) is 6.29. The fourth-order valence-corrected chi connectivity index (χ4v) is 2.63. The summed E-state index contributed by atoms with van der Waals surface area (Å²) < 4.78 is 16.2. The van der Waals surface area contributed by atoms with Crippen molar-refractivity contribution >= 4 is 23.7 Å². The molecule has 2 aromatic rings. The number of hydrogen-bond acceptors (Lipinski definition) is 6. The number of ketones is 1. The van der Waals surface area contributed by atoms with Crippen molar-refractivity contribution in [2.45, 2.75) is 13.0 Å². The van der Waals surface area contributed by atoms with Crippen LogP contribution >= 0.6 is 0 Å². The Kier molecular flexibility index (Phi) is 5.82. The lowest BCUT2D eigenvalue weighted by Gasteiger charge is -2.10. The Morgan fingerprint density at radius 1 is 1.21 bits per heavy atom. The number of fused-ring (bicyclic) bond motifs is 1. The maximum absolute atomic E-state index is 12.5. The number of benzene rings is 2. The molecular formula is C21H19NO7. The lowest BCUT2D eigenvalue weighted by Crippen LogP contribution is -2.40. The smallest absolute Gasteiger partial charge is 0.325 e. The van der Waals surface area contributed by atoms with E-state index in [1.807, 2.05) is 6.07 Å². The minimum absolute atomic E-state index is 0.165. The summed E-state index contributed by atoms with van der Waals surface area (Å²) in [6.07, 6.45) is 1.62. The summed E-state index contributed by atoms with van der Waals surface area (Å²) in [6.45, 7) is 0.988. The Morgan fingerprint density at radius 2 is 2.00 bits per heavy atom. The van der Waals surface area contributed by atoms with Crippen LogP contribution < -0.4 is 19.5 Å². The van der Waals surface area contributed by atoms with Gasteiger partial charge < -0.3 is 24.6 Å². The third-order valence-corrected chi connectivity index (χ3v) is 4.15. The molecule has 0 unspecified atom stereocenters. The summed E-state index contributed by atoms with van der Waals surface area (Å²) in [7, 11) is 1.56. The first-order valence-electron chi connectivity index (χ1n) is 8.74. The second-order valence-electron chi connectivity index (χ2n) is 6.29. The van der Waals surface area contributed by atoms with Crippen molar-refractivity contribution < 1.29 is 33.7 Å². The number of aliphatic carboxylic acids is 1. The Bertz CT molecular complexity index is 996. The van der Waals surface area contributed by atoms with Crippen molar-refractivity contribution in [1.29, 1.82) is 0 Å². The fraction of sp³-hybridized carbons (Fsp3) is 0.190. The van der Waals surface area contributed by atoms with Gasteiger partial charge in [-0.3, -0.25) is 14.4 Å². The predicted molar refractivity (Wildman–Crippen MR) is 103 cm³/mol. The number of carbonyl (C=O) groups excluding carboxylic acids is 2. The van der Waals surface area contributed by atoms with Gasteiger partial charge in [-0.2, -0.15) is 0 Å². The van der Waals surface area contributed by atoms with E-state index in [4.69, 9.17) is 19.3 Å². The van der Waals surface area contributed by atoms with Crippen molar-refractivity contribution in [3.63, 3.8) is 0 Å². The molecular weight excluding hydrogens is 378 g/mol. The summed E-state index contributed by atoms with van der Waals surface area (Å²) in [5.74, 6) is -0.512. The second kappa shape index (κ2) is 8.47. The molecule has 3 rings (SSSR count). The van der Waals surface area contributed by atoms with E-state index in [-0.39, 0.29) is 18.1 Å². The maximum atomic E-state index is 12.5. The first-order valence-corrected chi connectivity index (χ1v) is 8.74. The van der Waals surface area contributed by atoms with Crippen LogP contribution in [-0.2, 0) is 9.59 Å². The minimum atomic E-state index is -1.14. The normalized spacial score (nSPS) is 14.7. The molecule has 2 N–H and O–H groups in total. The zero-order valence-electron chi connectivity index (χ0n) is 15.8. The molecule has 1 aliphatic rings. The first-order chi connectivity index (χ1) is 13.9. The van der Waals surface area contributed by atoms with Crippen LogP contribution in [0, 0.1) is 0 Å². The van der Waals surface area contributed by atoms with E-state index in [1.54, 1.807) is 43.5 Å². The van der Waals surface area contributed by atoms with Crippen molar-refractivity contribution in [1.82, 2.24) is 5.32 Å². The molecule has 150 valence electrons. The standard InChI is InChI=1S/C21H19NO7/c1-12(21(25)26)22-19(23)11-28-15-6-7-16-17(10-15)29-18(20(16)24)9-13-4-3-5-14(8-13)27-2/h3-10,12H,11H2,1-2H3,(H,22,23)(H,25,26)/t12-/m1/s1. The van der Waals surface area contributed by atoms with Crippen molar-refractivity contribution in [2.75, 3.05) is 13.7 Å². The lowest BCUT2D eigenvalue weighted by atomic mass is 10.1. The van der Waals surface area contributed by atoms with Gasteiger partial charge in [0.2, 0.25) is 5.78 Å². The Balaban J connectivity index is 1.68. The molecule has 0 saturated carbocycles. The molecule has 0 radical (unpaired) electrons. The average Bonchev–Trinajstić information content (AvgIpc) is 3.01. The number of carboxylic acids is 1. The molecule has 0 aromatic heterocycles. The van der Waals surface area contributed by atoms with Gasteiger partial charge in [0.1, 0.15) is 23.3 Å². The van der Waals surface area contributed by atoms with Crippen LogP contribution in [0.15, 0.2) is 48.2 Å². The van der Waals surface area contributed by atoms with Crippen LogP contribution in [0.1, 0.15) is 22.8 Å². The van der Waals surface area contributed by atoms with Gasteiger partial charge in [0.15, 0.2) is 12.4 Å². The molecule has 0 aliphatic carbocycles. The molecule has 2 aromatic carbocycles. The van der Waals surface area contributed by atoms with E-state index >= 15 is 0 Å². The van der Waals surface area contributed by atoms with E-state index in [0.717, 1.165) is 5.56 Å².